The Morgan fingerprint density at radius 3 is 2.65 bits per heavy atom. The number of hydrogen-bond donors (Lipinski definition) is 2. The molecule has 0 bridgehead atoms. The molecule has 0 saturated heterocycles. The minimum atomic E-state index is -0.245. The molecule has 0 aliphatic carbocycles. The molecule has 120 valence electrons. The minimum Gasteiger partial charge on any atom is -0.288 e. The Labute approximate surface area is 147 Å². The van der Waals surface area contributed by atoms with Gasteiger partial charge in [-0.15, -0.1) is 0 Å². The van der Waals surface area contributed by atoms with E-state index in [4.69, 9.17) is 23.2 Å². The predicted molar refractivity (Wildman–Crippen MR) is 94.1 cm³/mol. The lowest BCUT2D eigenvalue weighted by Gasteiger charge is -1.99. The summed E-state index contributed by atoms with van der Waals surface area (Å²) in [6.07, 6.45) is 3.10. The molecule has 23 heavy (non-hydrogen) atoms. The monoisotopic (exact) mass is 369 g/mol. The minimum absolute atomic E-state index is 0.179. The Morgan fingerprint density at radius 2 is 2.00 bits per heavy atom. The molecular weight excluding hydrogens is 357 g/mol. The summed E-state index contributed by atoms with van der Waals surface area (Å²) in [5.41, 5.74) is 6.42. The van der Waals surface area contributed by atoms with Gasteiger partial charge in [-0.1, -0.05) is 46.7 Å². The summed E-state index contributed by atoms with van der Waals surface area (Å²) < 4.78 is 0. The zero-order valence-electron chi connectivity index (χ0n) is 12.3. The largest absolute Gasteiger partial charge is 0.288 e. The molecule has 1 heterocycles. The van der Waals surface area contributed by atoms with Crippen LogP contribution in [-0.2, 0) is 4.79 Å². The third-order valence-corrected chi connectivity index (χ3v) is 4.56. The lowest BCUT2D eigenvalue weighted by atomic mass is 10.2. The molecule has 0 unspecified atom stereocenters. The Morgan fingerprint density at radius 1 is 1.26 bits per heavy atom. The van der Waals surface area contributed by atoms with Gasteiger partial charge in [0.2, 0.25) is 11.0 Å². The molecule has 0 spiro atoms. The van der Waals surface area contributed by atoms with E-state index in [9.17, 15) is 9.59 Å². The summed E-state index contributed by atoms with van der Waals surface area (Å²) in [5, 5.41) is 1.34. The first-order valence-corrected chi connectivity index (χ1v) is 8.11. The van der Waals surface area contributed by atoms with Crippen LogP contribution in [0.4, 0.5) is 5.13 Å². The molecule has 0 fully saturated rings. The molecule has 8 heteroatoms. The molecule has 0 aliphatic heterocycles. The first kappa shape index (κ1) is 17.5. The highest BCUT2D eigenvalue weighted by Crippen LogP contribution is 2.25. The van der Waals surface area contributed by atoms with E-state index in [0.29, 0.717) is 25.7 Å². The maximum atomic E-state index is 12.3. The third kappa shape index (κ3) is 4.79. The zero-order chi connectivity index (χ0) is 17.0. The van der Waals surface area contributed by atoms with E-state index in [-0.39, 0.29) is 11.7 Å². The number of hydrogen-bond acceptors (Lipinski definition) is 5. The SMILES string of the molecule is CC(=O)NNc1nc(C)c(C(=O)/C=C\c2ccc(Cl)c(Cl)c2)s1. The number of rotatable bonds is 5. The molecule has 2 aromatic rings. The number of thiazole rings is 1. The topological polar surface area (TPSA) is 71.1 Å². The summed E-state index contributed by atoms with van der Waals surface area (Å²) in [4.78, 5) is 27.8. The van der Waals surface area contributed by atoms with Crippen molar-refractivity contribution in [3.05, 3.63) is 50.5 Å². The number of hydrazine groups is 1. The number of aryl methyl sites for hydroxylation is 1. The van der Waals surface area contributed by atoms with Crippen LogP contribution in [0.15, 0.2) is 24.3 Å². The van der Waals surface area contributed by atoms with Crippen molar-refractivity contribution in [3.8, 4) is 0 Å². The number of ketones is 1. The van der Waals surface area contributed by atoms with E-state index in [1.807, 2.05) is 0 Å². The first-order valence-electron chi connectivity index (χ1n) is 6.54. The zero-order valence-corrected chi connectivity index (χ0v) is 14.6. The Kier molecular flexibility index (Phi) is 5.76. The average Bonchev–Trinajstić information content (AvgIpc) is 2.87. The summed E-state index contributed by atoms with van der Waals surface area (Å²) in [5.74, 6) is -0.424. The number of amides is 1. The van der Waals surface area contributed by atoms with Gasteiger partial charge in [-0.3, -0.25) is 20.4 Å². The molecule has 1 aromatic heterocycles. The van der Waals surface area contributed by atoms with E-state index in [1.54, 1.807) is 31.2 Å². The molecule has 5 nitrogen and oxygen atoms in total. The summed E-state index contributed by atoms with van der Waals surface area (Å²) in [7, 11) is 0. The molecule has 0 saturated carbocycles. The number of aromatic nitrogens is 1. The van der Waals surface area contributed by atoms with Crippen LogP contribution in [0.25, 0.3) is 6.08 Å². The number of nitrogens with one attached hydrogen (secondary N) is 2. The van der Waals surface area contributed by atoms with E-state index < -0.39 is 0 Å². The Balaban J connectivity index is 2.12. The fourth-order valence-corrected chi connectivity index (χ4v) is 2.83. The summed E-state index contributed by atoms with van der Waals surface area (Å²) >= 11 is 12.9. The number of carbonyl (C=O) groups is 2. The number of allylic oxidation sites excluding steroid dienone is 1. The molecule has 0 radical (unpaired) electrons. The number of anilines is 1. The van der Waals surface area contributed by atoms with Crippen LogP contribution in [0, 0.1) is 6.92 Å². The molecule has 0 aliphatic rings. The smallest absolute Gasteiger partial charge is 0.235 e. The van der Waals surface area contributed by atoms with Crippen molar-refractivity contribution in [2.75, 3.05) is 5.43 Å². The molecule has 2 rings (SSSR count). The van der Waals surface area contributed by atoms with Gasteiger partial charge in [-0.2, -0.15) is 0 Å². The summed E-state index contributed by atoms with van der Waals surface area (Å²) in [6.45, 7) is 3.11. The normalized spacial score (nSPS) is 10.8. The lowest BCUT2D eigenvalue weighted by Crippen LogP contribution is -2.26. The highest BCUT2D eigenvalue weighted by Gasteiger charge is 2.13. The van der Waals surface area contributed by atoms with Crippen LogP contribution in [0.2, 0.25) is 10.0 Å². The van der Waals surface area contributed by atoms with Gasteiger partial charge in [0.05, 0.1) is 20.6 Å². The third-order valence-electron chi connectivity index (χ3n) is 2.74. The van der Waals surface area contributed by atoms with Crippen molar-refractivity contribution in [3.63, 3.8) is 0 Å². The van der Waals surface area contributed by atoms with Crippen molar-refractivity contribution >= 4 is 57.4 Å². The van der Waals surface area contributed by atoms with E-state index >= 15 is 0 Å². The summed E-state index contributed by atoms with van der Waals surface area (Å²) in [6, 6.07) is 5.11. The van der Waals surface area contributed by atoms with Crippen LogP contribution < -0.4 is 10.9 Å². The first-order chi connectivity index (χ1) is 10.9. The van der Waals surface area contributed by atoms with Gasteiger partial charge in [0, 0.05) is 6.92 Å². The predicted octanol–water partition coefficient (Wildman–Crippen LogP) is 4.12. The van der Waals surface area contributed by atoms with Gasteiger partial charge in [0.15, 0.2) is 5.78 Å². The molecule has 0 atom stereocenters. The maximum absolute atomic E-state index is 12.3. The quantitative estimate of drug-likeness (QED) is 0.472. The van der Waals surface area contributed by atoms with E-state index in [1.165, 1.54) is 24.3 Å². The van der Waals surface area contributed by atoms with Gasteiger partial charge in [0.25, 0.3) is 0 Å². The van der Waals surface area contributed by atoms with Gasteiger partial charge in [-0.05, 0) is 30.7 Å². The number of carbonyl (C=O) groups excluding carboxylic acids is 2. The van der Waals surface area contributed by atoms with Crippen LogP contribution in [-0.4, -0.2) is 16.7 Å². The fraction of sp³-hybridized carbons (Fsp3) is 0.133. The van der Waals surface area contributed by atoms with Gasteiger partial charge < -0.3 is 0 Å². The maximum Gasteiger partial charge on any atom is 0.235 e. The molecule has 1 aromatic carbocycles. The van der Waals surface area contributed by atoms with Crippen LogP contribution in [0.5, 0.6) is 0 Å². The van der Waals surface area contributed by atoms with Crippen molar-refractivity contribution in [1.82, 2.24) is 10.4 Å². The van der Waals surface area contributed by atoms with Crippen LogP contribution in [0.1, 0.15) is 27.9 Å². The molecular formula is C15H13Cl2N3O2S. The van der Waals surface area contributed by atoms with Crippen molar-refractivity contribution in [2.24, 2.45) is 0 Å². The van der Waals surface area contributed by atoms with Gasteiger partial charge >= 0.3 is 0 Å². The second-order valence-electron chi connectivity index (χ2n) is 4.61. The second-order valence-corrected chi connectivity index (χ2v) is 6.42. The lowest BCUT2D eigenvalue weighted by molar-refractivity contribution is -0.118. The van der Waals surface area contributed by atoms with E-state index in [0.717, 1.165) is 5.56 Å². The fourth-order valence-electron chi connectivity index (χ4n) is 1.68. The highest BCUT2D eigenvalue weighted by molar-refractivity contribution is 7.17. The highest BCUT2D eigenvalue weighted by atomic mass is 35.5. The number of nitrogens with zero attached hydrogens (tertiary/aromatic N) is 1. The van der Waals surface area contributed by atoms with Crippen molar-refractivity contribution in [2.45, 2.75) is 13.8 Å². The number of halogens is 2. The van der Waals surface area contributed by atoms with E-state index in [2.05, 4.69) is 15.8 Å². The van der Waals surface area contributed by atoms with Crippen molar-refractivity contribution in [1.29, 1.82) is 0 Å². The van der Waals surface area contributed by atoms with Gasteiger partial charge in [-0.25, -0.2) is 4.98 Å². The average molecular weight is 370 g/mol. The Bertz CT molecular complexity index is 787. The Hall–Kier alpha value is -1.89. The number of benzene rings is 1. The van der Waals surface area contributed by atoms with Crippen molar-refractivity contribution < 1.29 is 9.59 Å². The standard InChI is InChI=1S/C15H13Cl2N3O2S/c1-8-14(23-15(18-8)20-19-9(2)21)13(22)6-4-10-3-5-11(16)12(17)7-10/h3-7H,1-2H3,(H,18,20)(H,19,21)/b6-4-. The van der Waals surface area contributed by atoms with Gasteiger partial charge in [0.1, 0.15) is 0 Å². The van der Waals surface area contributed by atoms with Crippen LogP contribution >= 0.6 is 34.5 Å². The van der Waals surface area contributed by atoms with Crippen LogP contribution in [0.3, 0.4) is 0 Å². The molecule has 1 amide bonds. The molecule has 2 N–H and O–H groups in total. The second kappa shape index (κ2) is 7.59.